The SMILES string of the molecule is CN(Cc1cccnc1)CC1CCN(Cc2cnc(N)s2)C1. The smallest absolute Gasteiger partial charge is 0.180 e. The van der Waals surface area contributed by atoms with Crippen molar-refractivity contribution in [1.82, 2.24) is 19.8 Å². The summed E-state index contributed by atoms with van der Waals surface area (Å²) in [5, 5.41) is 0.668. The zero-order valence-corrected chi connectivity index (χ0v) is 13.8. The van der Waals surface area contributed by atoms with Crippen LogP contribution in [0, 0.1) is 5.92 Å². The minimum atomic E-state index is 0.668. The number of thiazole rings is 1. The van der Waals surface area contributed by atoms with E-state index in [4.69, 9.17) is 5.73 Å². The van der Waals surface area contributed by atoms with Gasteiger partial charge in [-0.1, -0.05) is 6.07 Å². The van der Waals surface area contributed by atoms with E-state index < -0.39 is 0 Å². The third-order valence-electron chi connectivity index (χ3n) is 4.07. The highest BCUT2D eigenvalue weighted by molar-refractivity contribution is 7.15. The highest BCUT2D eigenvalue weighted by Gasteiger charge is 2.24. The maximum atomic E-state index is 5.70. The highest BCUT2D eigenvalue weighted by atomic mass is 32.1. The number of likely N-dealkylation sites (tertiary alicyclic amines) is 1. The fraction of sp³-hybridized carbons (Fsp3) is 0.500. The van der Waals surface area contributed by atoms with Gasteiger partial charge in [-0.3, -0.25) is 9.88 Å². The molecular formula is C16H23N5S. The molecule has 1 atom stereocenters. The number of aromatic nitrogens is 2. The predicted octanol–water partition coefficient (Wildman–Crippen LogP) is 2.07. The molecule has 1 fully saturated rings. The molecule has 5 nitrogen and oxygen atoms in total. The summed E-state index contributed by atoms with van der Waals surface area (Å²) < 4.78 is 0. The molecule has 118 valence electrons. The van der Waals surface area contributed by atoms with E-state index in [1.165, 1.54) is 23.4 Å². The number of nitrogens with two attached hydrogens (primary N) is 1. The van der Waals surface area contributed by atoms with Crippen LogP contribution in [-0.2, 0) is 13.1 Å². The van der Waals surface area contributed by atoms with Crippen LogP contribution in [0.4, 0.5) is 5.13 Å². The van der Waals surface area contributed by atoms with Gasteiger partial charge in [0.1, 0.15) is 0 Å². The van der Waals surface area contributed by atoms with Crippen molar-refractivity contribution >= 4 is 16.5 Å². The summed E-state index contributed by atoms with van der Waals surface area (Å²) in [7, 11) is 2.19. The average Bonchev–Trinajstić information content (AvgIpc) is 3.09. The molecule has 3 rings (SSSR count). The first kappa shape index (κ1) is 15.4. The van der Waals surface area contributed by atoms with Gasteiger partial charge in [0.2, 0.25) is 0 Å². The molecule has 22 heavy (non-hydrogen) atoms. The minimum Gasteiger partial charge on any atom is -0.375 e. The van der Waals surface area contributed by atoms with Crippen LogP contribution in [0.2, 0.25) is 0 Å². The lowest BCUT2D eigenvalue weighted by Gasteiger charge is -2.21. The maximum absolute atomic E-state index is 5.70. The van der Waals surface area contributed by atoms with Gasteiger partial charge in [0.05, 0.1) is 0 Å². The molecule has 2 N–H and O–H groups in total. The second kappa shape index (κ2) is 7.17. The zero-order chi connectivity index (χ0) is 15.4. The number of nitrogens with zero attached hydrogens (tertiary/aromatic N) is 4. The topological polar surface area (TPSA) is 58.3 Å². The summed E-state index contributed by atoms with van der Waals surface area (Å²) in [6.45, 7) is 5.42. The van der Waals surface area contributed by atoms with Crippen molar-refractivity contribution in [2.24, 2.45) is 5.92 Å². The monoisotopic (exact) mass is 317 g/mol. The molecular weight excluding hydrogens is 294 g/mol. The lowest BCUT2D eigenvalue weighted by molar-refractivity contribution is 0.255. The Morgan fingerprint density at radius 1 is 1.45 bits per heavy atom. The Labute approximate surface area is 135 Å². The molecule has 0 saturated carbocycles. The van der Waals surface area contributed by atoms with Crippen LogP contribution < -0.4 is 5.73 Å². The quantitative estimate of drug-likeness (QED) is 0.884. The maximum Gasteiger partial charge on any atom is 0.180 e. The Morgan fingerprint density at radius 2 is 2.36 bits per heavy atom. The molecule has 0 amide bonds. The first-order chi connectivity index (χ1) is 10.7. The second-order valence-corrected chi connectivity index (χ2v) is 7.26. The van der Waals surface area contributed by atoms with E-state index in [1.54, 1.807) is 11.3 Å². The molecule has 0 spiro atoms. The van der Waals surface area contributed by atoms with Gasteiger partial charge in [0.15, 0.2) is 5.13 Å². The fourth-order valence-electron chi connectivity index (χ4n) is 3.13. The minimum absolute atomic E-state index is 0.668. The lowest BCUT2D eigenvalue weighted by atomic mass is 10.1. The second-order valence-electron chi connectivity index (χ2n) is 6.11. The Hall–Kier alpha value is -1.50. The Bertz CT molecular complexity index is 585. The van der Waals surface area contributed by atoms with Crippen LogP contribution >= 0.6 is 11.3 Å². The third-order valence-corrected chi connectivity index (χ3v) is 4.88. The van der Waals surface area contributed by atoms with Crippen LogP contribution in [0.25, 0.3) is 0 Å². The summed E-state index contributed by atoms with van der Waals surface area (Å²) in [6, 6.07) is 4.14. The molecule has 0 aromatic carbocycles. The van der Waals surface area contributed by atoms with Gasteiger partial charge in [-0.05, 0) is 37.6 Å². The Morgan fingerprint density at radius 3 is 3.09 bits per heavy atom. The molecule has 1 aliphatic heterocycles. The summed E-state index contributed by atoms with van der Waals surface area (Å²) in [5.74, 6) is 0.743. The number of anilines is 1. The summed E-state index contributed by atoms with van der Waals surface area (Å²) >= 11 is 1.60. The molecule has 1 unspecified atom stereocenters. The molecule has 0 bridgehead atoms. The molecule has 6 heteroatoms. The molecule has 2 aromatic rings. The van der Waals surface area contributed by atoms with Gasteiger partial charge in [0, 0.05) is 49.6 Å². The van der Waals surface area contributed by atoms with Gasteiger partial charge < -0.3 is 10.6 Å². The Balaban J connectivity index is 1.44. The van der Waals surface area contributed by atoms with E-state index in [0.717, 1.165) is 32.1 Å². The highest BCUT2D eigenvalue weighted by Crippen LogP contribution is 2.23. The molecule has 0 aliphatic carbocycles. The van der Waals surface area contributed by atoms with Crippen LogP contribution in [0.15, 0.2) is 30.7 Å². The van der Waals surface area contributed by atoms with Crippen LogP contribution in [0.1, 0.15) is 16.9 Å². The van der Waals surface area contributed by atoms with Crippen molar-refractivity contribution in [2.75, 3.05) is 32.4 Å². The van der Waals surface area contributed by atoms with Gasteiger partial charge in [-0.2, -0.15) is 0 Å². The van der Waals surface area contributed by atoms with E-state index >= 15 is 0 Å². The number of nitrogen functional groups attached to an aromatic ring is 1. The number of hydrogen-bond acceptors (Lipinski definition) is 6. The first-order valence-corrected chi connectivity index (χ1v) is 8.50. The van der Waals surface area contributed by atoms with Gasteiger partial charge in [-0.15, -0.1) is 11.3 Å². The lowest BCUT2D eigenvalue weighted by Crippen LogP contribution is -2.27. The summed E-state index contributed by atoms with van der Waals surface area (Å²) in [4.78, 5) is 14.5. The predicted molar refractivity (Wildman–Crippen MR) is 90.5 cm³/mol. The number of pyridine rings is 1. The van der Waals surface area contributed by atoms with E-state index in [-0.39, 0.29) is 0 Å². The summed E-state index contributed by atoms with van der Waals surface area (Å²) in [5.41, 5.74) is 6.97. The van der Waals surface area contributed by atoms with E-state index in [1.807, 2.05) is 24.7 Å². The van der Waals surface area contributed by atoms with Crippen molar-refractivity contribution < 1.29 is 0 Å². The fourth-order valence-corrected chi connectivity index (χ4v) is 3.86. The Kier molecular flexibility index (Phi) is 5.02. The van der Waals surface area contributed by atoms with E-state index in [2.05, 4.69) is 32.9 Å². The standard InChI is InChI=1S/C16H23N5S/c1-20(9-13-3-2-5-18-7-13)10-14-4-6-21(11-14)12-15-8-19-16(17)22-15/h2-3,5,7-8,14H,4,6,9-12H2,1H3,(H2,17,19). The molecule has 1 saturated heterocycles. The first-order valence-electron chi connectivity index (χ1n) is 7.69. The van der Waals surface area contributed by atoms with Crippen molar-refractivity contribution in [2.45, 2.75) is 19.5 Å². The largest absolute Gasteiger partial charge is 0.375 e. The molecule has 3 heterocycles. The third kappa shape index (κ3) is 4.25. The van der Waals surface area contributed by atoms with Crippen LogP contribution in [0.3, 0.4) is 0 Å². The van der Waals surface area contributed by atoms with E-state index in [0.29, 0.717) is 5.13 Å². The van der Waals surface area contributed by atoms with Crippen molar-refractivity contribution in [1.29, 1.82) is 0 Å². The number of rotatable bonds is 6. The zero-order valence-electron chi connectivity index (χ0n) is 13.0. The van der Waals surface area contributed by atoms with Gasteiger partial charge in [-0.25, -0.2) is 4.98 Å². The molecule has 0 radical (unpaired) electrons. The van der Waals surface area contributed by atoms with Crippen molar-refractivity contribution in [3.63, 3.8) is 0 Å². The van der Waals surface area contributed by atoms with Crippen LogP contribution in [-0.4, -0.2) is 46.4 Å². The van der Waals surface area contributed by atoms with Gasteiger partial charge >= 0.3 is 0 Å². The van der Waals surface area contributed by atoms with Crippen molar-refractivity contribution in [3.8, 4) is 0 Å². The van der Waals surface area contributed by atoms with E-state index in [9.17, 15) is 0 Å². The molecule has 1 aliphatic rings. The number of hydrogen-bond donors (Lipinski definition) is 1. The van der Waals surface area contributed by atoms with Crippen molar-refractivity contribution in [3.05, 3.63) is 41.2 Å². The average molecular weight is 317 g/mol. The van der Waals surface area contributed by atoms with Crippen LogP contribution in [0.5, 0.6) is 0 Å². The summed E-state index contributed by atoms with van der Waals surface area (Å²) in [6.07, 6.45) is 6.95. The molecule has 2 aromatic heterocycles. The van der Waals surface area contributed by atoms with Gasteiger partial charge in [0.25, 0.3) is 0 Å². The normalized spacial score (nSPS) is 19.1.